The van der Waals surface area contributed by atoms with Gasteiger partial charge in [0, 0.05) is 29.9 Å². The lowest BCUT2D eigenvalue weighted by Gasteiger charge is -2.55. The van der Waals surface area contributed by atoms with Crippen molar-refractivity contribution in [3.05, 3.63) is 54.6 Å². The van der Waals surface area contributed by atoms with Gasteiger partial charge < -0.3 is 15.0 Å². The van der Waals surface area contributed by atoms with Crippen molar-refractivity contribution < 1.29 is 9.53 Å². The second-order valence-electron chi connectivity index (χ2n) is 11.8. The van der Waals surface area contributed by atoms with Crippen molar-refractivity contribution >= 4 is 40.9 Å². The van der Waals surface area contributed by atoms with Crippen molar-refractivity contribution in [2.24, 2.45) is 22.7 Å². The summed E-state index contributed by atoms with van der Waals surface area (Å²) in [5, 5.41) is 4.36. The Morgan fingerprint density at radius 2 is 1.57 bits per heavy atom. The monoisotopic (exact) mass is 537 g/mol. The van der Waals surface area contributed by atoms with Crippen molar-refractivity contribution in [3.63, 3.8) is 0 Å². The fourth-order valence-corrected chi connectivity index (χ4v) is 8.92. The number of carbonyl (C=O) groups excluding carboxylic acids is 1. The maximum absolute atomic E-state index is 13.0. The molecule has 37 heavy (non-hydrogen) atoms. The molecule has 0 aromatic heterocycles. The molecule has 4 bridgehead atoms. The molecule has 5 aliphatic carbocycles. The van der Waals surface area contributed by atoms with E-state index in [9.17, 15) is 4.79 Å². The van der Waals surface area contributed by atoms with Crippen LogP contribution in [0.3, 0.4) is 0 Å². The summed E-state index contributed by atoms with van der Waals surface area (Å²) in [7, 11) is 0. The van der Waals surface area contributed by atoms with E-state index in [-0.39, 0.29) is 29.9 Å². The van der Waals surface area contributed by atoms with Gasteiger partial charge in [0.15, 0.2) is 5.17 Å². The molecule has 6 aliphatic rings. The second kappa shape index (κ2) is 10.2. The molecule has 5 saturated carbocycles. The summed E-state index contributed by atoms with van der Waals surface area (Å²) >= 11 is 1.91. The maximum Gasteiger partial charge on any atom is 0.226 e. The number of amidine groups is 1. The standard InChI is InChI=1S/C30H35N3O2S.ClH/c34-28(31-23-6-10-27(11-7-23)35-26-4-2-1-3-5-26)15-25-19-36-29(33(25)24-8-9-24)32-30-16-20-12-21(17-30)14-22(13-20)18-30;/h1-7,10-11,20-22,24-25H,8-9,12-19H2,(H,31,34);1H. The quantitative estimate of drug-likeness (QED) is 0.408. The van der Waals surface area contributed by atoms with Crippen molar-refractivity contribution in [1.82, 2.24) is 4.90 Å². The number of aliphatic imine (C=N–C) groups is 1. The van der Waals surface area contributed by atoms with Gasteiger partial charge in [0.25, 0.3) is 0 Å². The van der Waals surface area contributed by atoms with Gasteiger partial charge in [-0.1, -0.05) is 30.0 Å². The third kappa shape index (κ3) is 5.37. The largest absolute Gasteiger partial charge is 0.457 e. The highest BCUT2D eigenvalue weighted by atomic mass is 35.5. The third-order valence-electron chi connectivity index (χ3n) is 8.84. The number of nitrogens with one attached hydrogen (secondary N) is 1. The molecule has 0 radical (unpaired) electrons. The van der Waals surface area contributed by atoms with E-state index >= 15 is 0 Å². The first-order chi connectivity index (χ1) is 17.6. The third-order valence-corrected chi connectivity index (χ3v) is 9.95. The van der Waals surface area contributed by atoms with Crippen molar-refractivity contribution in [1.29, 1.82) is 0 Å². The number of halogens is 1. The van der Waals surface area contributed by atoms with Gasteiger partial charge >= 0.3 is 0 Å². The minimum Gasteiger partial charge on any atom is -0.457 e. The summed E-state index contributed by atoms with van der Waals surface area (Å²) in [6.07, 6.45) is 11.3. The van der Waals surface area contributed by atoms with Crippen molar-refractivity contribution in [2.45, 2.75) is 75.4 Å². The van der Waals surface area contributed by atoms with Crippen molar-refractivity contribution in [2.75, 3.05) is 11.1 Å². The molecule has 1 unspecified atom stereocenters. The number of nitrogens with zero attached hydrogens (tertiary/aromatic N) is 2. The zero-order chi connectivity index (χ0) is 24.1. The Morgan fingerprint density at radius 1 is 0.946 bits per heavy atom. The van der Waals surface area contributed by atoms with Gasteiger partial charge in [0.2, 0.25) is 5.91 Å². The van der Waals surface area contributed by atoms with Gasteiger partial charge in [-0.25, -0.2) is 0 Å². The summed E-state index contributed by atoms with van der Waals surface area (Å²) < 4.78 is 5.87. The second-order valence-corrected chi connectivity index (χ2v) is 12.8. The first kappa shape index (κ1) is 25.1. The van der Waals surface area contributed by atoms with Crippen LogP contribution in [0.2, 0.25) is 0 Å². The molecular weight excluding hydrogens is 502 g/mol. The van der Waals surface area contributed by atoms with E-state index in [0.29, 0.717) is 12.5 Å². The van der Waals surface area contributed by atoms with E-state index in [0.717, 1.165) is 40.7 Å². The Hall–Kier alpha value is -2.18. The Kier molecular flexibility index (Phi) is 6.91. The predicted octanol–water partition coefficient (Wildman–Crippen LogP) is 7.13. The zero-order valence-corrected chi connectivity index (χ0v) is 22.8. The van der Waals surface area contributed by atoms with Gasteiger partial charge in [0.1, 0.15) is 11.5 Å². The van der Waals surface area contributed by atoms with Crippen LogP contribution >= 0.6 is 24.2 Å². The van der Waals surface area contributed by atoms with E-state index in [1.165, 1.54) is 56.5 Å². The first-order valence-corrected chi connectivity index (χ1v) is 14.7. The highest BCUT2D eigenvalue weighted by Gasteiger charge is 2.52. The topological polar surface area (TPSA) is 53.9 Å². The molecular formula is C30H36ClN3O2S. The van der Waals surface area contributed by atoms with Gasteiger partial charge in [-0.05, 0) is 106 Å². The Balaban J connectivity index is 0.00000252. The molecule has 1 amide bonds. The molecule has 2 aromatic rings. The van der Waals surface area contributed by atoms with Gasteiger partial charge in [-0.2, -0.15) is 0 Å². The highest BCUT2D eigenvalue weighted by Crippen LogP contribution is 2.57. The molecule has 6 fully saturated rings. The lowest BCUT2D eigenvalue weighted by molar-refractivity contribution is -0.116. The Morgan fingerprint density at radius 3 is 2.19 bits per heavy atom. The van der Waals surface area contributed by atoms with Crippen LogP contribution in [0, 0.1) is 17.8 Å². The first-order valence-electron chi connectivity index (χ1n) is 13.7. The summed E-state index contributed by atoms with van der Waals surface area (Å²) in [4.78, 5) is 21.1. The number of benzene rings is 2. The molecule has 2 aromatic carbocycles. The van der Waals surface area contributed by atoms with Crippen LogP contribution in [-0.2, 0) is 4.79 Å². The number of para-hydroxylation sites is 1. The molecule has 7 heteroatoms. The summed E-state index contributed by atoms with van der Waals surface area (Å²) in [6.45, 7) is 0. The minimum atomic E-state index is 0. The summed E-state index contributed by atoms with van der Waals surface area (Å²) in [5.41, 5.74) is 1.01. The highest BCUT2D eigenvalue weighted by molar-refractivity contribution is 8.14. The number of carbonyl (C=O) groups is 1. The molecule has 1 atom stereocenters. The number of thioether (sulfide) groups is 1. The summed E-state index contributed by atoms with van der Waals surface area (Å²) in [5.74, 6) is 5.35. The van der Waals surface area contributed by atoms with Crippen LogP contribution in [0.5, 0.6) is 11.5 Å². The van der Waals surface area contributed by atoms with E-state index in [2.05, 4.69) is 10.2 Å². The Bertz CT molecular complexity index is 1120. The van der Waals surface area contributed by atoms with E-state index in [4.69, 9.17) is 9.73 Å². The van der Waals surface area contributed by atoms with Crippen LogP contribution < -0.4 is 10.1 Å². The van der Waals surface area contributed by atoms with Crippen molar-refractivity contribution in [3.8, 4) is 11.5 Å². The normalized spacial score (nSPS) is 32.9. The molecule has 8 rings (SSSR count). The molecule has 0 spiro atoms. The molecule has 1 N–H and O–H groups in total. The van der Waals surface area contributed by atoms with Gasteiger partial charge in [0.05, 0.1) is 5.54 Å². The zero-order valence-electron chi connectivity index (χ0n) is 21.2. The van der Waals surface area contributed by atoms with E-state index in [1.54, 1.807) is 0 Å². The molecule has 196 valence electrons. The number of hydrogen-bond donors (Lipinski definition) is 1. The number of amides is 1. The predicted molar refractivity (Wildman–Crippen MR) is 153 cm³/mol. The molecule has 1 heterocycles. The molecule has 1 aliphatic heterocycles. The van der Waals surface area contributed by atoms with E-state index < -0.39 is 0 Å². The van der Waals surface area contributed by atoms with Crippen LogP contribution in [0.4, 0.5) is 5.69 Å². The van der Waals surface area contributed by atoms with Crippen LogP contribution in [0.25, 0.3) is 0 Å². The lowest BCUT2D eigenvalue weighted by Crippen LogP contribution is -2.50. The van der Waals surface area contributed by atoms with Gasteiger partial charge in [-0.15, -0.1) is 12.4 Å². The number of anilines is 1. The molecule has 5 nitrogen and oxygen atoms in total. The van der Waals surface area contributed by atoms with Crippen LogP contribution in [0.1, 0.15) is 57.8 Å². The maximum atomic E-state index is 13.0. The fourth-order valence-electron chi connectivity index (χ4n) is 7.60. The number of ether oxygens (including phenoxy) is 1. The Labute approximate surface area is 230 Å². The number of rotatable bonds is 7. The van der Waals surface area contributed by atoms with Crippen LogP contribution in [-0.4, -0.2) is 39.4 Å². The molecule has 1 saturated heterocycles. The fraction of sp³-hybridized carbons (Fsp3) is 0.533. The smallest absolute Gasteiger partial charge is 0.226 e. The average molecular weight is 538 g/mol. The SMILES string of the molecule is Cl.O=C(CC1CSC(=NC23CC4CC(CC(C4)C2)C3)N1C1CC1)Nc1ccc(Oc2ccccc2)cc1. The van der Waals surface area contributed by atoms with E-state index in [1.807, 2.05) is 66.4 Å². The van der Waals surface area contributed by atoms with Gasteiger partial charge in [-0.3, -0.25) is 9.79 Å². The average Bonchev–Trinajstić information content (AvgIpc) is 3.62. The number of hydrogen-bond acceptors (Lipinski definition) is 4. The minimum absolute atomic E-state index is 0. The summed E-state index contributed by atoms with van der Waals surface area (Å²) in [6, 6.07) is 18.2. The van der Waals surface area contributed by atoms with Crippen LogP contribution in [0.15, 0.2) is 59.6 Å². The lowest BCUT2D eigenvalue weighted by atomic mass is 9.53.